The summed E-state index contributed by atoms with van der Waals surface area (Å²) in [6.07, 6.45) is 3.23. The summed E-state index contributed by atoms with van der Waals surface area (Å²) in [4.78, 5) is 3.91. The Morgan fingerprint density at radius 1 is 1.50 bits per heavy atom. The molecule has 1 saturated heterocycles. The van der Waals surface area contributed by atoms with Crippen LogP contribution in [0.4, 0.5) is 0 Å². The van der Waals surface area contributed by atoms with Gasteiger partial charge in [-0.2, -0.15) is 4.31 Å². The molecule has 0 bridgehead atoms. The van der Waals surface area contributed by atoms with Gasteiger partial charge < -0.3 is 5.11 Å². The standard InChI is InChI=1S/C12H18N2O3S/c1-10-5-4-8-14(11(10)9-15)18(16,17)12-6-2-3-7-13-12/h2-3,6-7,10-11,15H,4-5,8-9H2,1H3. The van der Waals surface area contributed by atoms with Crippen LogP contribution in [0.5, 0.6) is 0 Å². The van der Waals surface area contributed by atoms with Crippen LogP contribution in [0.25, 0.3) is 0 Å². The fourth-order valence-electron chi connectivity index (χ4n) is 2.40. The fraction of sp³-hybridized carbons (Fsp3) is 0.583. The van der Waals surface area contributed by atoms with Crippen molar-refractivity contribution in [2.75, 3.05) is 13.2 Å². The van der Waals surface area contributed by atoms with Gasteiger partial charge in [0.25, 0.3) is 10.0 Å². The van der Waals surface area contributed by atoms with E-state index in [2.05, 4.69) is 4.98 Å². The number of sulfonamides is 1. The van der Waals surface area contributed by atoms with Gasteiger partial charge in [-0.05, 0) is 30.9 Å². The van der Waals surface area contributed by atoms with E-state index < -0.39 is 10.0 Å². The molecule has 0 spiro atoms. The molecule has 5 nitrogen and oxygen atoms in total. The number of nitrogens with zero attached hydrogens (tertiary/aromatic N) is 2. The Hall–Kier alpha value is -0.980. The van der Waals surface area contributed by atoms with Crippen LogP contribution in [0.1, 0.15) is 19.8 Å². The highest BCUT2D eigenvalue weighted by Crippen LogP contribution is 2.27. The van der Waals surface area contributed by atoms with E-state index in [-0.39, 0.29) is 23.6 Å². The zero-order valence-corrected chi connectivity index (χ0v) is 11.2. The van der Waals surface area contributed by atoms with Crippen molar-refractivity contribution in [3.8, 4) is 0 Å². The summed E-state index contributed by atoms with van der Waals surface area (Å²) in [5.41, 5.74) is 0. The van der Waals surface area contributed by atoms with E-state index in [1.54, 1.807) is 12.1 Å². The molecule has 1 fully saturated rings. The SMILES string of the molecule is CC1CCCN(S(=O)(=O)c2ccccn2)C1CO. The molecule has 2 unspecified atom stereocenters. The van der Waals surface area contributed by atoms with Gasteiger partial charge in [-0.15, -0.1) is 0 Å². The molecule has 0 aromatic carbocycles. The number of hydrogen-bond acceptors (Lipinski definition) is 4. The normalized spacial score (nSPS) is 26.1. The Morgan fingerprint density at radius 2 is 2.28 bits per heavy atom. The van der Waals surface area contributed by atoms with Crippen molar-refractivity contribution in [1.29, 1.82) is 0 Å². The predicted molar refractivity (Wildman–Crippen MR) is 67.4 cm³/mol. The van der Waals surface area contributed by atoms with Crippen molar-refractivity contribution in [2.45, 2.75) is 30.8 Å². The molecular formula is C12H18N2O3S. The first kappa shape index (κ1) is 13.5. The van der Waals surface area contributed by atoms with Crippen molar-refractivity contribution in [3.05, 3.63) is 24.4 Å². The van der Waals surface area contributed by atoms with Gasteiger partial charge in [0.15, 0.2) is 5.03 Å². The summed E-state index contributed by atoms with van der Waals surface area (Å²) in [7, 11) is -3.59. The lowest BCUT2D eigenvalue weighted by Crippen LogP contribution is -2.49. The van der Waals surface area contributed by atoms with Crippen molar-refractivity contribution in [3.63, 3.8) is 0 Å². The highest BCUT2D eigenvalue weighted by Gasteiger charge is 2.37. The third-order valence-electron chi connectivity index (χ3n) is 3.46. The maximum Gasteiger partial charge on any atom is 0.260 e. The van der Waals surface area contributed by atoms with E-state index in [4.69, 9.17) is 0 Å². The zero-order valence-electron chi connectivity index (χ0n) is 10.4. The maximum absolute atomic E-state index is 12.5. The minimum absolute atomic E-state index is 0.0533. The quantitative estimate of drug-likeness (QED) is 0.884. The lowest BCUT2D eigenvalue weighted by molar-refractivity contribution is 0.113. The van der Waals surface area contributed by atoms with Gasteiger partial charge in [-0.1, -0.05) is 13.0 Å². The largest absolute Gasteiger partial charge is 0.395 e. The van der Waals surface area contributed by atoms with E-state index in [1.165, 1.54) is 16.6 Å². The number of rotatable bonds is 3. The molecule has 6 heteroatoms. The lowest BCUT2D eigenvalue weighted by atomic mass is 9.93. The summed E-state index contributed by atoms with van der Waals surface area (Å²) in [5, 5.41) is 9.47. The summed E-state index contributed by atoms with van der Waals surface area (Å²) in [6, 6.07) is 4.48. The fourth-order valence-corrected chi connectivity index (χ4v) is 4.09. The second kappa shape index (κ2) is 5.34. The number of pyridine rings is 1. The molecule has 2 rings (SSSR count). The monoisotopic (exact) mass is 270 g/mol. The number of aliphatic hydroxyl groups excluding tert-OH is 1. The van der Waals surface area contributed by atoms with Crippen LogP contribution in [-0.2, 0) is 10.0 Å². The van der Waals surface area contributed by atoms with Crippen molar-refractivity contribution < 1.29 is 13.5 Å². The topological polar surface area (TPSA) is 70.5 Å². The van der Waals surface area contributed by atoms with E-state index in [0.29, 0.717) is 6.54 Å². The Bertz CT molecular complexity index is 489. The third kappa shape index (κ3) is 2.41. The lowest BCUT2D eigenvalue weighted by Gasteiger charge is -2.37. The van der Waals surface area contributed by atoms with Crippen LogP contribution < -0.4 is 0 Å². The Balaban J connectivity index is 2.34. The molecule has 2 heterocycles. The van der Waals surface area contributed by atoms with Crippen LogP contribution in [0, 0.1) is 5.92 Å². The van der Waals surface area contributed by atoms with Crippen molar-refractivity contribution >= 4 is 10.0 Å². The molecule has 18 heavy (non-hydrogen) atoms. The summed E-state index contributed by atoms with van der Waals surface area (Å²) < 4.78 is 26.3. The van der Waals surface area contributed by atoms with Gasteiger partial charge in [0, 0.05) is 12.7 Å². The van der Waals surface area contributed by atoms with Gasteiger partial charge in [0.2, 0.25) is 0 Å². The average Bonchev–Trinajstić information content (AvgIpc) is 2.39. The van der Waals surface area contributed by atoms with E-state index in [9.17, 15) is 13.5 Å². The van der Waals surface area contributed by atoms with Gasteiger partial charge in [0.05, 0.1) is 12.6 Å². The van der Waals surface area contributed by atoms with Gasteiger partial charge in [-0.3, -0.25) is 0 Å². The number of piperidine rings is 1. The molecule has 0 amide bonds. The molecule has 0 radical (unpaired) electrons. The number of aromatic nitrogens is 1. The maximum atomic E-state index is 12.5. The summed E-state index contributed by atoms with van der Waals surface area (Å²) in [5.74, 6) is 0.169. The molecule has 1 aromatic heterocycles. The molecule has 1 aromatic rings. The second-order valence-electron chi connectivity index (χ2n) is 4.65. The Labute approximate surface area is 108 Å². The number of aliphatic hydroxyl groups is 1. The Morgan fingerprint density at radius 3 is 2.89 bits per heavy atom. The molecule has 0 aliphatic carbocycles. The Kier molecular flexibility index (Phi) is 3.99. The predicted octanol–water partition coefficient (Wildman–Crippen LogP) is 0.863. The average molecular weight is 270 g/mol. The smallest absolute Gasteiger partial charge is 0.260 e. The van der Waals surface area contributed by atoms with Crippen LogP contribution in [0.2, 0.25) is 0 Å². The molecule has 0 saturated carbocycles. The summed E-state index contributed by atoms with van der Waals surface area (Å²) in [6.45, 7) is 2.28. The summed E-state index contributed by atoms with van der Waals surface area (Å²) >= 11 is 0. The third-order valence-corrected chi connectivity index (χ3v) is 5.30. The minimum Gasteiger partial charge on any atom is -0.395 e. The van der Waals surface area contributed by atoms with E-state index in [0.717, 1.165) is 12.8 Å². The van der Waals surface area contributed by atoms with Crippen molar-refractivity contribution in [1.82, 2.24) is 9.29 Å². The molecular weight excluding hydrogens is 252 g/mol. The molecule has 1 aliphatic heterocycles. The minimum atomic E-state index is -3.59. The molecule has 100 valence electrons. The number of hydrogen-bond donors (Lipinski definition) is 1. The van der Waals surface area contributed by atoms with Crippen LogP contribution in [-0.4, -0.2) is 42.0 Å². The molecule has 1 aliphatic rings. The first-order valence-corrected chi connectivity index (χ1v) is 7.55. The first-order valence-electron chi connectivity index (χ1n) is 6.11. The zero-order chi connectivity index (χ0) is 13.2. The van der Waals surface area contributed by atoms with Crippen LogP contribution in [0.3, 0.4) is 0 Å². The van der Waals surface area contributed by atoms with Crippen LogP contribution in [0.15, 0.2) is 29.4 Å². The highest BCUT2D eigenvalue weighted by atomic mass is 32.2. The van der Waals surface area contributed by atoms with Crippen molar-refractivity contribution in [2.24, 2.45) is 5.92 Å². The highest BCUT2D eigenvalue weighted by molar-refractivity contribution is 7.89. The first-order chi connectivity index (χ1) is 8.57. The second-order valence-corrected chi connectivity index (χ2v) is 6.49. The molecule has 1 N–H and O–H groups in total. The van der Waals surface area contributed by atoms with Crippen LogP contribution >= 0.6 is 0 Å². The van der Waals surface area contributed by atoms with Gasteiger partial charge in [-0.25, -0.2) is 13.4 Å². The van der Waals surface area contributed by atoms with E-state index in [1.807, 2.05) is 6.92 Å². The molecule has 2 atom stereocenters. The van der Waals surface area contributed by atoms with Gasteiger partial charge >= 0.3 is 0 Å². The van der Waals surface area contributed by atoms with E-state index >= 15 is 0 Å². The van der Waals surface area contributed by atoms with Gasteiger partial charge in [0.1, 0.15) is 0 Å².